The second-order valence-electron chi connectivity index (χ2n) is 2.61. The van der Waals surface area contributed by atoms with Gasteiger partial charge in [-0.1, -0.05) is 0 Å². The van der Waals surface area contributed by atoms with E-state index in [1.807, 2.05) is 0 Å². The van der Waals surface area contributed by atoms with Gasteiger partial charge in [0.1, 0.15) is 6.61 Å². The molecule has 1 rings (SSSR count). The average molecular weight is 157 g/mol. The largest absolute Gasteiger partial charge is 0.464 e. The molecule has 1 aliphatic heterocycles. The van der Waals surface area contributed by atoms with Crippen LogP contribution in [0, 0.1) is 0 Å². The summed E-state index contributed by atoms with van der Waals surface area (Å²) in [4.78, 5) is 21.0. The number of esters is 1. The summed E-state index contributed by atoms with van der Waals surface area (Å²) < 4.78 is 4.72. The standard InChI is InChI=1S/C7H11NO3/c1-5(9)11-4-6-2-3-7(10)8-6/h6H,2-4H2,1H3,(H,8,10). The van der Waals surface area contributed by atoms with Crippen LogP contribution in [-0.2, 0) is 14.3 Å². The van der Waals surface area contributed by atoms with E-state index in [1.165, 1.54) is 6.92 Å². The molecule has 1 N–H and O–H groups in total. The van der Waals surface area contributed by atoms with Crippen LogP contribution in [0.2, 0.25) is 0 Å². The molecule has 1 atom stereocenters. The maximum atomic E-state index is 10.6. The quantitative estimate of drug-likeness (QED) is 0.566. The zero-order chi connectivity index (χ0) is 8.27. The van der Waals surface area contributed by atoms with Gasteiger partial charge in [0.2, 0.25) is 5.91 Å². The molecule has 1 aliphatic rings. The van der Waals surface area contributed by atoms with Gasteiger partial charge >= 0.3 is 5.97 Å². The summed E-state index contributed by atoms with van der Waals surface area (Å²) in [5.41, 5.74) is 0. The van der Waals surface area contributed by atoms with Crippen molar-refractivity contribution in [1.29, 1.82) is 0 Å². The van der Waals surface area contributed by atoms with Gasteiger partial charge < -0.3 is 10.1 Å². The molecule has 1 amide bonds. The van der Waals surface area contributed by atoms with Gasteiger partial charge in [0.15, 0.2) is 0 Å². The number of ether oxygens (including phenoxy) is 1. The Labute approximate surface area is 64.9 Å². The Hall–Kier alpha value is -1.06. The molecule has 1 unspecified atom stereocenters. The molecule has 1 saturated heterocycles. The number of rotatable bonds is 2. The predicted octanol–water partition coefficient (Wildman–Crippen LogP) is -0.172. The normalized spacial score (nSPS) is 23.0. The Morgan fingerprint density at radius 2 is 2.55 bits per heavy atom. The lowest BCUT2D eigenvalue weighted by Crippen LogP contribution is -2.30. The van der Waals surface area contributed by atoms with Crippen LogP contribution >= 0.6 is 0 Å². The molecule has 4 heteroatoms. The van der Waals surface area contributed by atoms with E-state index in [0.29, 0.717) is 13.0 Å². The van der Waals surface area contributed by atoms with E-state index in [1.54, 1.807) is 0 Å². The fraction of sp³-hybridized carbons (Fsp3) is 0.714. The molecule has 0 aromatic rings. The molecule has 1 heterocycles. The summed E-state index contributed by atoms with van der Waals surface area (Å²) in [6.07, 6.45) is 1.32. The number of nitrogens with one attached hydrogen (secondary N) is 1. The van der Waals surface area contributed by atoms with E-state index in [9.17, 15) is 9.59 Å². The topological polar surface area (TPSA) is 55.4 Å². The maximum Gasteiger partial charge on any atom is 0.302 e. The average Bonchev–Trinajstić information content (AvgIpc) is 2.31. The number of hydrogen-bond donors (Lipinski definition) is 1. The van der Waals surface area contributed by atoms with Crippen molar-refractivity contribution in [2.45, 2.75) is 25.8 Å². The van der Waals surface area contributed by atoms with Crippen molar-refractivity contribution < 1.29 is 14.3 Å². The van der Waals surface area contributed by atoms with E-state index in [2.05, 4.69) is 5.32 Å². The van der Waals surface area contributed by atoms with Crippen LogP contribution in [0.1, 0.15) is 19.8 Å². The molecular formula is C7H11NO3. The van der Waals surface area contributed by atoms with Gasteiger partial charge in [-0.2, -0.15) is 0 Å². The Kier molecular flexibility index (Phi) is 2.46. The van der Waals surface area contributed by atoms with Crippen LogP contribution in [0.4, 0.5) is 0 Å². The van der Waals surface area contributed by atoms with Gasteiger partial charge in [0.05, 0.1) is 6.04 Å². The highest BCUT2D eigenvalue weighted by atomic mass is 16.5. The monoisotopic (exact) mass is 157 g/mol. The molecular weight excluding hydrogens is 146 g/mol. The first-order chi connectivity index (χ1) is 5.18. The van der Waals surface area contributed by atoms with Crippen LogP contribution in [0.5, 0.6) is 0 Å². The Balaban J connectivity index is 2.18. The molecule has 0 aliphatic carbocycles. The Morgan fingerprint density at radius 3 is 3.00 bits per heavy atom. The number of carbonyl (C=O) groups excluding carboxylic acids is 2. The molecule has 0 spiro atoms. The summed E-state index contributed by atoms with van der Waals surface area (Å²) in [5.74, 6) is -0.256. The summed E-state index contributed by atoms with van der Waals surface area (Å²) in [6.45, 7) is 1.66. The van der Waals surface area contributed by atoms with Gasteiger partial charge in [0.25, 0.3) is 0 Å². The van der Waals surface area contributed by atoms with Crippen LogP contribution in [0.3, 0.4) is 0 Å². The van der Waals surface area contributed by atoms with Crippen molar-refractivity contribution in [2.24, 2.45) is 0 Å². The zero-order valence-electron chi connectivity index (χ0n) is 6.42. The third-order valence-electron chi connectivity index (χ3n) is 1.57. The molecule has 11 heavy (non-hydrogen) atoms. The third kappa shape index (κ3) is 2.57. The molecule has 0 radical (unpaired) electrons. The fourth-order valence-electron chi connectivity index (χ4n) is 1.02. The highest BCUT2D eigenvalue weighted by Gasteiger charge is 2.21. The van der Waals surface area contributed by atoms with Crippen molar-refractivity contribution in [3.05, 3.63) is 0 Å². The minimum absolute atomic E-state index is 0.0337. The minimum atomic E-state index is -0.300. The van der Waals surface area contributed by atoms with Crippen molar-refractivity contribution >= 4 is 11.9 Å². The Morgan fingerprint density at radius 1 is 1.82 bits per heavy atom. The number of hydrogen-bond acceptors (Lipinski definition) is 3. The van der Waals surface area contributed by atoms with Gasteiger partial charge in [-0.25, -0.2) is 0 Å². The first-order valence-corrected chi connectivity index (χ1v) is 3.61. The molecule has 0 aromatic heterocycles. The molecule has 0 saturated carbocycles. The number of carbonyl (C=O) groups is 2. The number of amides is 1. The molecule has 1 fully saturated rings. The van der Waals surface area contributed by atoms with Crippen molar-refractivity contribution in [1.82, 2.24) is 5.32 Å². The SMILES string of the molecule is CC(=O)OCC1CCC(=O)N1. The second kappa shape index (κ2) is 3.37. The lowest BCUT2D eigenvalue weighted by molar-refractivity contribution is -0.141. The van der Waals surface area contributed by atoms with Crippen LogP contribution in [0.15, 0.2) is 0 Å². The molecule has 0 bridgehead atoms. The summed E-state index contributed by atoms with van der Waals surface area (Å²) in [7, 11) is 0. The van der Waals surface area contributed by atoms with Gasteiger partial charge in [0, 0.05) is 13.3 Å². The van der Waals surface area contributed by atoms with E-state index in [-0.39, 0.29) is 17.9 Å². The molecule has 4 nitrogen and oxygen atoms in total. The lowest BCUT2D eigenvalue weighted by Gasteiger charge is -2.08. The van der Waals surface area contributed by atoms with Gasteiger partial charge in [-0.15, -0.1) is 0 Å². The van der Waals surface area contributed by atoms with E-state index in [4.69, 9.17) is 4.74 Å². The van der Waals surface area contributed by atoms with Gasteiger partial charge in [-0.3, -0.25) is 9.59 Å². The molecule has 0 aromatic carbocycles. The summed E-state index contributed by atoms with van der Waals surface area (Å²) in [6, 6.07) is 0.0337. The van der Waals surface area contributed by atoms with E-state index in [0.717, 1.165) is 6.42 Å². The van der Waals surface area contributed by atoms with E-state index >= 15 is 0 Å². The second-order valence-corrected chi connectivity index (χ2v) is 2.61. The van der Waals surface area contributed by atoms with E-state index < -0.39 is 0 Å². The lowest BCUT2D eigenvalue weighted by atomic mass is 10.2. The van der Waals surface area contributed by atoms with Crippen molar-refractivity contribution in [3.8, 4) is 0 Å². The highest BCUT2D eigenvalue weighted by molar-refractivity contribution is 5.78. The van der Waals surface area contributed by atoms with Crippen LogP contribution < -0.4 is 5.32 Å². The zero-order valence-corrected chi connectivity index (χ0v) is 6.42. The van der Waals surface area contributed by atoms with Crippen molar-refractivity contribution in [2.75, 3.05) is 6.61 Å². The third-order valence-corrected chi connectivity index (χ3v) is 1.57. The minimum Gasteiger partial charge on any atom is -0.464 e. The van der Waals surface area contributed by atoms with Gasteiger partial charge in [-0.05, 0) is 6.42 Å². The van der Waals surface area contributed by atoms with Crippen LogP contribution in [0.25, 0.3) is 0 Å². The smallest absolute Gasteiger partial charge is 0.302 e. The highest BCUT2D eigenvalue weighted by Crippen LogP contribution is 2.06. The maximum absolute atomic E-state index is 10.6. The Bertz CT molecular complexity index is 179. The molecule has 62 valence electrons. The first kappa shape index (κ1) is 8.04. The van der Waals surface area contributed by atoms with Crippen molar-refractivity contribution in [3.63, 3.8) is 0 Å². The van der Waals surface area contributed by atoms with Crippen LogP contribution in [-0.4, -0.2) is 24.5 Å². The first-order valence-electron chi connectivity index (χ1n) is 3.61. The summed E-state index contributed by atoms with van der Waals surface area (Å²) in [5, 5.41) is 2.69. The fourth-order valence-corrected chi connectivity index (χ4v) is 1.02. The predicted molar refractivity (Wildman–Crippen MR) is 37.8 cm³/mol. The summed E-state index contributed by atoms with van der Waals surface area (Å²) >= 11 is 0.